The molecule has 2 atom stereocenters. The van der Waals surface area contributed by atoms with E-state index in [1.54, 1.807) is 7.05 Å². The number of likely N-dealkylation sites (tertiary alicyclic amines) is 1. The first-order valence-electron chi connectivity index (χ1n) is 6.47. The van der Waals surface area contributed by atoms with Crippen LogP contribution in [-0.4, -0.2) is 42.9 Å². The minimum absolute atomic E-state index is 0.0319. The zero-order chi connectivity index (χ0) is 13.7. The number of carbonyl (C=O) groups is 2. The fraction of sp³-hybridized carbons (Fsp3) is 0.833. The lowest BCUT2D eigenvalue weighted by molar-refractivity contribution is -0.132. The standard InChI is InChI=1S/C12H24N4O2/c1-8(2)10(12(18)15-13)16-6-4-5-9(7-16)11(17)14-3/h8-10H,4-7,13H2,1-3H3,(H,14,17)(H,15,18). The molecule has 1 aliphatic heterocycles. The topological polar surface area (TPSA) is 87.5 Å². The van der Waals surface area contributed by atoms with Crippen molar-refractivity contribution in [2.75, 3.05) is 20.1 Å². The summed E-state index contributed by atoms with van der Waals surface area (Å²) in [5.74, 6) is 5.24. The van der Waals surface area contributed by atoms with Crippen LogP contribution in [0.1, 0.15) is 26.7 Å². The summed E-state index contributed by atoms with van der Waals surface area (Å²) in [6.07, 6.45) is 1.81. The molecule has 0 radical (unpaired) electrons. The van der Waals surface area contributed by atoms with E-state index in [-0.39, 0.29) is 29.7 Å². The number of carbonyl (C=O) groups excluding carboxylic acids is 2. The second-order valence-corrected chi connectivity index (χ2v) is 5.15. The van der Waals surface area contributed by atoms with Crippen LogP contribution in [0.25, 0.3) is 0 Å². The van der Waals surface area contributed by atoms with E-state index in [2.05, 4.69) is 15.6 Å². The van der Waals surface area contributed by atoms with Crippen LogP contribution in [0.5, 0.6) is 0 Å². The summed E-state index contributed by atoms with van der Waals surface area (Å²) in [5, 5.41) is 2.68. The first-order valence-corrected chi connectivity index (χ1v) is 6.47. The molecule has 18 heavy (non-hydrogen) atoms. The van der Waals surface area contributed by atoms with Gasteiger partial charge in [-0.15, -0.1) is 0 Å². The number of nitrogens with one attached hydrogen (secondary N) is 2. The first kappa shape index (κ1) is 14.9. The SMILES string of the molecule is CNC(=O)C1CCCN(C(C(=O)NN)C(C)C)C1. The Morgan fingerprint density at radius 1 is 1.39 bits per heavy atom. The number of amides is 2. The zero-order valence-corrected chi connectivity index (χ0v) is 11.4. The number of hydrogen-bond donors (Lipinski definition) is 3. The van der Waals surface area contributed by atoms with Gasteiger partial charge in [0.15, 0.2) is 0 Å². The molecule has 0 aliphatic carbocycles. The van der Waals surface area contributed by atoms with E-state index in [1.807, 2.05) is 13.8 Å². The summed E-state index contributed by atoms with van der Waals surface area (Å²) in [6, 6.07) is -0.262. The van der Waals surface area contributed by atoms with Crippen LogP contribution >= 0.6 is 0 Å². The van der Waals surface area contributed by atoms with Crippen molar-refractivity contribution in [2.24, 2.45) is 17.7 Å². The third kappa shape index (κ3) is 3.43. The van der Waals surface area contributed by atoms with E-state index in [4.69, 9.17) is 5.84 Å². The molecule has 0 bridgehead atoms. The molecule has 6 nitrogen and oxygen atoms in total. The quantitative estimate of drug-likeness (QED) is 0.358. The van der Waals surface area contributed by atoms with Crippen LogP contribution in [0, 0.1) is 11.8 Å². The predicted molar refractivity (Wildman–Crippen MR) is 69.3 cm³/mol. The summed E-state index contributed by atoms with van der Waals surface area (Å²) < 4.78 is 0. The van der Waals surface area contributed by atoms with Crippen LogP contribution in [0.2, 0.25) is 0 Å². The molecule has 0 spiro atoms. The lowest BCUT2D eigenvalue weighted by Crippen LogP contribution is -2.55. The molecule has 1 fully saturated rings. The largest absolute Gasteiger partial charge is 0.359 e. The van der Waals surface area contributed by atoms with Crippen molar-refractivity contribution in [1.29, 1.82) is 0 Å². The summed E-state index contributed by atoms with van der Waals surface area (Å²) in [4.78, 5) is 25.6. The molecule has 1 aliphatic rings. The third-order valence-corrected chi connectivity index (χ3v) is 3.51. The van der Waals surface area contributed by atoms with Gasteiger partial charge >= 0.3 is 0 Å². The minimum Gasteiger partial charge on any atom is -0.359 e. The highest BCUT2D eigenvalue weighted by molar-refractivity contribution is 5.82. The van der Waals surface area contributed by atoms with Crippen molar-refractivity contribution >= 4 is 11.8 Å². The Labute approximate surface area is 108 Å². The smallest absolute Gasteiger partial charge is 0.251 e. The Balaban J connectivity index is 2.74. The number of rotatable bonds is 4. The van der Waals surface area contributed by atoms with Crippen LogP contribution in [-0.2, 0) is 9.59 Å². The highest BCUT2D eigenvalue weighted by atomic mass is 16.2. The van der Waals surface area contributed by atoms with E-state index >= 15 is 0 Å². The lowest BCUT2D eigenvalue weighted by atomic mass is 9.92. The van der Waals surface area contributed by atoms with E-state index in [9.17, 15) is 9.59 Å². The second-order valence-electron chi connectivity index (χ2n) is 5.15. The van der Waals surface area contributed by atoms with Crippen molar-refractivity contribution in [2.45, 2.75) is 32.7 Å². The Morgan fingerprint density at radius 2 is 2.06 bits per heavy atom. The number of nitrogens with zero attached hydrogens (tertiary/aromatic N) is 1. The summed E-state index contributed by atoms with van der Waals surface area (Å²) in [6.45, 7) is 5.44. The molecule has 2 amide bonds. The highest BCUT2D eigenvalue weighted by Crippen LogP contribution is 2.21. The van der Waals surface area contributed by atoms with Crippen LogP contribution in [0.4, 0.5) is 0 Å². The molecule has 1 heterocycles. The van der Waals surface area contributed by atoms with Gasteiger partial charge in [0, 0.05) is 13.6 Å². The Morgan fingerprint density at radius 3 is 2.56 bits per heavy atom. The monoisotopic (exact) mass is 256 g/mol. The molecular formula is C12H24N4O2. The first-order chi connectivity index (χ1) is 8.51. The van der Waals surface area contributed by atoms with Gasteiger partial charge in [-0.25, -0.2) is 5.84 Å². The van der Waals surface area contributed by atoms with Gasteiger partial charge in [-0.1, -0.05) is 13.8 Å². The van der Waals surface area contributed by atoms with E-state index < -0.39 is 0 Å². The molecule has 4 N–H and O–H groups in total. The molecule has 0 aromatic rings. The molecule has 0 aromatic heterocycles. The molecule has 0 aromatic carbocycles. The summed E-state index contributed by atoms with van der Waals surface area (Å²) in [7, 11) is 1.65. The fourth-order valence-corrected chi connectivity index (χ4v) is 2.65. The van der Waals surface area contributed by atoms with Crippen molar-refractivity contribution in [3.05, 3.63) is 0 Å². The Kier molecular flexibility index (Phi) is 5.55. The average molecular weight is 256 g/mol. The molecular weight excluding hydrogens is 232 g/mol. The molecule has 104 valence electrons. The fourth-order valence-electron chi connectivity index (χ4n) is 2.65. The van der Waals surface area contributed by atoms with Crippen LogP contribution in [0.3, 0.4) is 0 Å². The van der Waals surface area contributed by atoms with E-state index in [0.717, 1.165) is 19.4 Å². The Bertz CT molecular complexity index is 306. The van der Waals surface area contributed by atoms with Gasteiger partial charge in [-0.05, 0) is 25.3 Å². The van der Waals surface area contributed by atoms with Gasteiger partial charge in [0.25, 0.3) is 5.91 Å². The molecule has 0 saturated carbocycles. The van der Waals surface area contributed by atoms with Gasteiger partial charge in [0.1, 0.15) is 0 Å². The number of hydrazine groups is 1. The summed E-state index contributed by atoms with van der Waals surface area (Å²) in [5.41, 5.74) is 2.22. The van der Waals surface area contributed by atoms with Crippen molar-refractivity contribution in [1.82, 2.24) is 15.6 Å². The van der Waals surface area contributed by atoms with Crippen molar-refractivity contribution < 1.29 is 9.59 Å². The highest BCUT2D eigenvalue weighted by Gasteiger charge is 2.34. The van der Waals surface area contributed by atoms with Crippen molar-refractivity contribution in [3.63, 3.8) is 0 Å². The normalized spacial score (nSPS) is 22.6. The van der Waals surface area contributed by atoms with Gasteiger partial charge in [-0.3, -0.25) is 19.9 Å². The number of hydrogen-bond acceptors (Lipinski definition) is 4. The number of nitrogens with two attached hydrogens (primary N) is 1. The zero-order valence-electron chi connectivity index (χ0n) is 11.4. The van der Waals surface area contributed by atoms with Crippen LogP contribution < -0.4 is 16.6 Å². The number of piperidine rings is 1. The van der Waals surface area contributed by atoms with E-state index in [1.165, 1.54) is 0 Å². The molecule has 2 unspecified atom stereocenters. The third-order valence-electron chi connectivity index (χ3n) is 3.51. The molecule has 6 heteroatoms. The average Bonchev–Trinajstić information content (AvgIpc) is 2.37. The maximum Gasteiger partial charge on any atom is 0.251 e. The maximum atomic E-state index is 11.8. The predicted octanol–water partition coefficient (Wildman–Crippen LogP) is -0.541. The van der Waals surface area contributed by atoms with Crippen molar-refractivity contribution in [3.8, 4) is 0 Å². The second kappa shape index (κ2) is 6.70. The minimum atomic E-state index is -0.262. The molecule has 1 saturated heterocycles. The van der Waals surface area contributed by atoms with Gasteiger partial charge in [0.2, 0.25) is 5.91 Å². The van der Waals surface area contributed by atoms with E-state index in [0.29, 0.717) is 6.54 Å². The lowest BCUT2D eigenvalue weighted by Gasteiger charge is -2.38. The molecule has 1 rings (SSSR count). The Hall–Kier alpha value is -1.14. The van der Waals surface area contributed by atoms with Gasteiger partial charge in [0.05, 0.1) is 12.0 Å². The summed E-state index contributed by atoms with van der Waals surface area (Å²) >= 11 is 0. The van der Waals surface area contributed by atoms with Crippen LogP contribution in [0.15, 0.2) is 0 Å². The van der Waals surface area contributed by atoms with Gasteiger partial charge < -0.3 is 5.32 Å². The van der Waals surface area contributed by atoms with Gasteiger partial charge in [-0.2, -0.15) is 0 Å². The maximum absolute atomic E-state index is 11.8.